The molecule has 64 heavy (non-hydrogen) atoms. The van der Waals surface area contributed by atoms with Crippen molar-refractivity contribution in [3.05, 3.63) is 136 Å². The van der Waals surface area contributed by atoms with E-state index in [1.165, 1.54) is 131 Å². The quantitative estimate of drug-likeness (QED) is 0.154. The summed E-state index contributed by atoms with van der Waals surface area (Å²) in [5, 5.41) is 2.44. The Balaban J connectivity index is 1.26. The third kappa shape index (κ3) is 5.18. The van der Waals surface area contributed by atoms with Gasteiger partial charge in [-0.15, -0.1) is 0 Å². The SMILES string of the molecule is Cc1cc2c(cc1N1c3cc(C(C)(C)C)cc4c3B(c3c1ccc1c3oc3cc5c(cc31)C(C)(C)CCC5(C)C)N1c3ccccc3C(C)(C)c3cccc-4c31)C(C)(C)CCC2(C)C. The lowest BCUT2D eigenvalue weighted by Crippen LogP contribution is -2.63. The number of para-hydroxylation sites is 2. The van der Waals surface area contributed by atoms with Crippen molar-refractivity contribution in [2.24, 2.45) is 0 Å². The normalized spacial score (nSPS) is 20.0. The van der Waals surface area contributed by atoms with Gasteiger partial charge in [-0.25, -0.2) is 0 Å². The summed E-state index contributed by atoms with van der Waals surface area (Å²) in [6.45, 7) is 33.8. The fraction of sp³-hybridized carbons (Fsp3) is 0.400. The van der Waals surface area contributed by atoms with Crippen LogP contribution in [0.1, 0.15) is 160 Å². The third-order valence-electron chi connectivity index (χ3n) is 17.4. The summed E-state index contributed by atoms with van der Waals surface area (Å²) in [5.41, 5.74) is 25.1. The molecule has 0 saturated carbocycles. The summed E-state index contributed by atoms with van der Waals surface area (Å²) < 4.78 is 7.54. The molecule has 0 unspecified atom stereocenters. The second-order valence-corrected chi connectivity index (χ2v) is 24.7. The van der Waals surface area contributed by atoms with Gasteiger partial charge in [-0.2, -0.15) is 0 Å². The molecule has 4 heteroatoms. The minimum absolute atomic E-state index is 0.0597. The summed E-state index contributed by atoms with van der Waals surface area (Å²) in [5.74, 6) is 0. The molecule has 2 aliphatic carbocycles. The molecule has 3 aliphatic heterocycles. The van der Waals surface area contributed by atoms with Crippen LogP contribution < -0.4 is 20.6 Å². The summed E-state index contributed by atoms with van der Waals surface area (Å²) in [6, 6.07) is 36.4. The molecule has 12 rings (SSSR count). The van der Waals surface area contributed by atoms with Crippen LogP contribution >= 0.6 is 0 Å². The lowest BCUT2D eigenvalue weighted by Gasteiger charge is -2.51. The number of anilines is 5. The van der Waals surface area contributed by atoms with Crippen LogP contribution in [0, 0.1) is 6.92 Å². The largest absolute Gasteiger partial charge is 0.456 e. The minimum Gasteiger partial charge on any atom is -0.456 e. The van der Waals surface area contributed by atoms with Crippen molar-refractivity contribution in [2.45, 2.75) is 155 Å². The predicted molar refractivity (Wildman–Crippen MR) is 274 cm³/mol. The van der Waals surface area contributed by atoms with E-state index in [1.54, 1.807) is 0 Å². The van der Waals surface area contributed by atoms with Crippen LogP contribution in [0.3, 0.4) is 0 Å². The maximum atomic E-state index is 7.54. The first kappa shape index (κ1) is 40.3. The molecule has 0 spiro atoms. The van der Waals surface area contributed by atoms with Gasteiger partial charge < -0.3 is 14.1 Å². The van der Waals surface area contributed by atoms with Crippen molar-refractivity contribution in [3.8, 4) is 11.1 Å². The molecule has 0 radical (unpaired) electrons. The number of rotatable bonds is 1. The van der Waals surface area contributed by atoms with Crippen LogP contribution in [0.4, 0.5) is 28.4 Å². The molecule has 0 fully saturated rings. The number of hydrogen-bond donors (Lipinski definition) is 0. The number of furan rings is 1. The zero-order valence-electron chi connectivity index (χ0n) is 40.9. The Hall–Kier alpha value is -5.22. The van der Waals surface area contributed by atoms with Crippen molar-refractivity contribution >= 4 is 68.1 Å². The fourth-order valence-electron chi connectivity index (χ4n) is 13.1. The molecule has 324 valence electrons. The van der Waals surface area contributed by atoms with Crippen LogP contribution in [0.2, 0.25) is 0 Å². The van der Waals surface area contributed by atoms with Gasteiger partial charge in [0.2, 0.25) is 0 Å². The van der Waals surface area contributed by atoms with E-state index in [-0.39, 0.29) is 39.3 Å². The predicted octanol–water partition coefficient (Wildman–Crippen LogP) is 15.2. The highest BCUT2D eigenvalue weighted by Gasteiger charge is 2.52. The Kier molecular flexibility index (Phi) is 7.78. The summed E-state index contributed by atoms with van der Waals surface area (Å²) >= 11 is 0. The Bertz CT molecular complexity index is 3220. The number of aryl methyl sites for hydroxylation is 1. The Morgan fingerprint density at radius 2 is 1.12 bits per heavy atom. The zero-order chi connectivity index (χ0) is 45.0. The number of nitrogens with zero attached hydrogens (tertiary/aromatic N) is 2. The van der Waals surface area contributed by atoms with Gasteiger partial charge >= 0.3 is 6.85 Å². The standard InChI is InChI=1S/C60H65BN2O/c1-34-28-42-44(58(9,10)26-24-56(42,5)6)32-48(34)62-47-23-22-37-38-31-43-45(59(11,12)27-25-57(43,7)8)33-50(38)64-54(37)52(47)61-51-39(29-35(30-49(51)62)55(2,3)4)36-18-17-20-41-53(36)63(61)46-21-16-15-19-40(46)60(41,13)14/h15-23,28-33H,24-27H2,1-14H3. The van der Waals surface area contributed by atoms with Crippen LogP contribution in [0.5, 0.6) is 0 Å². The molecule has 6 aromatic carbocycles. The highest BCUT2D eigenvalue weighted by Crippen LogP contribution is 2.58. The highest BCUT2D eigenvalue weighted by atomic mass is 16.3. The van der Waals surface area contributed by atoms with Gasteiger partial charge in [-0.1, -0.05) is 139 Å². The van der Waals surface area contributed by atoms with Gasteiger partial charge in [0, 0.05) is 55.7 Å². The van der Waals surface area contributed by atoms with Crippen molar-refractivity contribution < 1.29 is 4.42 Å². The number of fused-ring (bicyclic) bond motifs is 12. The molecule has 7 aromatic rings. The number of hydrogen-bond acceptors (Lipinski definition) is 3. The lowest BCUT2D eigenvalue weighted by atomic mass is 9.42. The van der Waals surface area contributed by atoms with Crippen molar-refractivity contribution in [1.82, 2.24) is 0 Å². The molecule has 0 amide bonds. The maximum absolute atomic E-state index is 7.54. The van der Waals surface area contributed by atoms with Gasteiger partial charge in [-0.3, -0.25) is 0 Å². The average molecular weight is 841 g/mol. The molecule has 1 aromatic heterocycles. The lowest BCUT2D eigenvalue weighted by molar-refractivity contribution is 0.332. The van der Waals surface area contributed by atoms with Crippen LogP contribution in [-0.2, 0) is 32.5 Å². The van der Waals surface area contributed by atoms with Gasteiger partial charge in [-0.05, 0) is 158 Å². The van der Waals surface area contributed by atoms with Crippen molar-refractivity contribution in [2.75, 3.05) is 9.71 Å². The van der Waals surface area contributed by atoms with E-state index in [4.69, 9.17) is 4.42 Å². The van der Waals surface area contributed by atoms with Gasteiger partial charge in [0.1, 0.15) is 11.2 Å². The minimum atomic E-state index is -0.186. The fourth-order valence-corrected chi connectivity index (χ4v) is 13.1. The zero-order valence-corrected chi connectivity index (χ0v) is 40.9. The second-order valence-electron chi connectivity index (χ2n) is 24.7. The van der Waals surface area contributed by atoms with E-state index < -0.39 is 0 Å². The first-order valence-corrected chi connectivity index (χ1v) is 24.2. The summed E-state index contributed by atoms with van der Waals surface area (Å²) in [4.78, 5) is 5.41. The molecule has 0 saturated heterocycles. The third-order valence-corrected chi connectivity index (χ3v) is 17.4. The van der Waals surface area contributed by atoms with Gasteiger partial charge in [0.05, 0.1) is 0 Å². The van der Waals surface area contributed by atoms with Crippen molar-refractivity contribution in [3.63, 3.8) is 0 Å². The first-order chi connectivity index (χ1) is 30.0. The van der Waals surface area contributed by atoms with E-state index >= 15 is 0 Å². The molecule has 3 nitrogen and oxygen atoms in total. The maximum Gasteiger partial charge on any atom is 0.336 e. The molecule has 5 aliphatic rings. The van der Waals surface area contributed by atoms with Crippen LogP contribution in [0.25, 0.3) is 33.1 Å². The molecular formula is C60H65BN2O. The van der Waals surface area contributed by atoms with E-state index in [1.807, 2.05) is 0 Å². The molecule has 0 N–H and O–H groups in total. The van der Waals surface area contributed by atoms with E-state index in [9.17, 15) is 0 Å². The van der Waals surface area contributed by atoms with Gasteiger partial charge in [0.25, 0.3) is 0 Å². The van der Waals surface area contributed by atoms with E-state index in [2.05, 4.69) is 198 Å². The second kappa shape index (κ2) is 12.4. The van der Waals surface area contributed by atoms with E-state index in [0.717, 1.165) is 11.2 Å². The number of benzene rings is 6. The highest BCUT2D eigenvalue weighted by molar-refractivity contribution is 6.95. The van der Waals surface area contributed by atoms with E-state index in [0.29, 0.717) is 0 Å². The smallest absolute Gasteiger partial charge is 0.336 e. The summed E-state index contributed by atoms with van der Waals surface area (Å²) in [6.07, 6.45) is 4.71. The molecule has 0 bridgehead atoms. The Morgan fingerprint density at radius 1 is 0.516 bits per heavy atom. The topological polar surface area (TPSA) is 19.6 Å². The first-order valence-electron chi connectivity index (χ1n) is 24.2. The molecular weight excluding hydrogens is 775 g/mol. The van der Waals surface area contributed by atoms with Crippen molar-refractivity contribution in [1.29, 1.82) is 0 Å². The Labute approximate surface area is 382 Å². The Morgan fingerprint density at radius 3 is 1.80 bits per heavy atom. The van der Waals surface area contributed by atoms with Gasteiger partial charge in [0.15, 0.2) is 0 Å². The monoisotopic (exact) mass is 841 g/mol. The molecule has 4 heterocycles. The summed E-state index contributed by atoms with van der Waals surface area (Å²) in [7, 11) is 0. The molecule has 0 atom stereocenters. The van der Waals surface area contributed by atoms with Crippen LogP contribution in [-0.4, -0.2) is 6.85 Å². The average Bonchev–Trinajstić information content (AvgIpc) is 3.61. The van der Waals surface area contributed by atoms with Crippen LogP contribution in [0.15, 0.2) is 95.4 Å².